The summed E-state index contributed by atoms with van der Waals surface area (Å²) in [5.41, 5.74) is 1.26. The highest BCUT2D eigenvalue weighted by Crippen LogP contribution is 2.32. The van der Waals surface area contributed by atoms with Crippen molar-refractivity contribution in [3.8, 4) is 0 Å². The Morgan fingerprint density at radius 2 is 2.16 bits per heavy atom. The van der Waals surface area contributed by atoms with Crippen LogP contribution in [0.3, 0.4) is 0 Å². The molecule has 5 heteroatoms. The summed E-state index contributed by atoms with van der Waals surface area (Å²) in [4.78, 5) is 10.6. The third-order valence-electron chi connectivity index (χ3n) is 3.71. The van der Waals surface area contributed by atoms with E-state index in [4.69, 9.17) is 4.74 Å². The van der Waals surface area contributed by atoms with Gasteiger partial charge in [-0.05, 0) is 24.8 Å². The number of ether oxygens (including phenoxy) is 1. The van der Waals surface area contributed by atoms with E-state index in [9.17, 15) is 10.1 Å². The molecule has 2 rings (SSSR count). The molecule has 3 atom stereocenters. The summed E-state index contributed by atoms with van der Waals surface area (Å²) in [7, 11) is 0. The number of hydrogen-bond donors (Lipinski definition) is 0. The minimum absolute atomic E-state index is 0.144. The molecule has 0 saturated carbocycles. The summed E-state index contributed by atoms with van der Waals surface area (Å²) in [6.45, 7) is 2.99. The van der Waals surface area contributed by atoms with Gasteiger partial charge in [0.1, 0.15) is 0 Å². The lowest BCUT2D eigenvalue weighted by molar-refractivity contribution is -0.384. The lowest BCUT2D eigenvalue weighted by Gasteiger charge is -2.22. The zero-order valence-corrected chi connectivity index (χ0v) is 12.5. The molecule has 0 amide bonds. The van der Waals surface area contributed by atoms with Gasteiger partial charge in [0.15, 0.2) is 0 Å². The maximum atomic E-state index is 10.6. The van der Waals surface area contributed by atoms with Crippen molar-refractivity contribution in [2.75, 3.05) is 6.61 Å². The number of rotatable bonds is 5. The Kier molecular flexibility index (Phi) is 4.93. The molecule has 1 aliphatic rings. The molecule has 0 radical (unpaired) electrons. The third-order valence-corrected chi connectivity index (χ3v) is 4.71. The fraction of sp³-hybridized carbons (Fsp3) is 0.571. The fourth-order valence-corrected chi connectivity index (χ4v) is 3.61. The minimum atomic E-state index is -0.368. The van der Waals surface area contributed by atoms with Crippen LogP contribution in [0.4, 0.5) is 5.69 Å². The number of benzene rings is 1. The molecule has 0 aromatic heterocycles. The molecule has 1 aromatic rings. The SMILES string of the molecule is CCC1OCCC1C(Br)Cc1ccc([N+](=O)[O-])cc1. The highest BCUT2D eigenvalue weighted by atomic mass is 79.9. The first-order chi connectivity index (χ1) is 9.11. The van der Waals surface area contributed by atoms with Gasteiger partial charge in [-0.15, -0.1) is 0 Å². The second-order valence-corrected chi connectivity index (χ2v) is 6.09. The number of halogens is 1. The van der Waals surface area contributed by atoms with Gasteiger partial charge >= 0.3 is 0 Å². The monoisotopic (exact) mass is 327 g/mol. The topological polar surface area (TPSA) is 52.4 Å². The van der Waals surface area contributed by atoms with E-state index in [-0.39, 0.29) is 10.6 Å². The van der Waals surface area contributed by atoms with Gasteiger partial charge in [0, 0.05) is 29.5 Å². The van der Waals surface area contributed by atoms with E-state index in [1.165, 1.54) is 0 Å². The minimum Gasteiger partial charge on any atom is -0.378 e. The molecular formula is C14H18BrNO3. The molecule has 0 aliphatic carbocycles. The fourth-order valence-electron chi connectivity index (χ4n) is 2.63. The Morgan fingerprint density at radius 3 is 2.74 bits per heavy atom. The number of nitro benzene ring substituents is 1. The van der Waals surface area contributed by atoms with Crippen LogP contribution in [0, 0.1) is 16.0 Å². The number of non-ortho nitro benzene ring substituents is 1. The van der Waals surface area contributed by atoms with Crippen LogP contribution in [-0.2, 0) is 11.2 Å². The maximum Gasteiger partial charge on any atom is 0.269 e. The Hall–Kier alpha value is -0.940. The molecule has 1 heterocycles. The van der Waals surface area contributed by atoms with Gasteiger partial charge in [0.05, 0.1) is 11.0 Å². The summed E-state index contributed by atoms with van der Waals surface area (Å²) >= 11 is 3.76. The normalized spacial score (nSPS) is 24.3. The zero-order chi connectivity index (χ0) is 13.8. The van der Waals surface area contributed by atoms with Crippen molar-refractivity contribution in [3.63, 3.8) is 0 Å². The van der Waals surface area contributed by atoms with Gasteiger partial charge in [0.25, 0.3) is 5.69 Å². The first-order valence-electron chi connectivity index (χ1n) is 6.60. The molecule has 0 spiro atoms. The lowest BCUT2D eigenvalue weighted by atomic mass is 9.92. The van der Waals surface area contributed by atoms with E-state index in [0.29, 0.717) is 16.8 Å². The van der Waals surface area contributed by atoms with E-state index in [1.54, 1.807) is 12.1 Å². The number of hydrogen-bond acceptors (Lipinski definition) is 3. The van der Waals surface area contributed by atoms with Crippen molar-refractivity contribution in [3.05, 3.63) is 39.9 Å². The first kappa shape index (κ1) is 14.5. The number of alkyl halides is 1. The van der Waals surface area contributed by atoms with Crippen LogP contribution in [0.15, 0.2) is 24.3 Å². The summed E-state index contributed by atoms with van der Waals surface area (Å²) in [6, 6.07) is 6.81. The van der Waals surface area contributed by atoms with Crippen molar-refractivity contribution in [1.82, 2.24) is 0 Å². The van der Waals surface area contributed by atoms with E-state index >= 15 is 0 Å². The first-order valence-corrected chi connectivity index (χ1v) is 7.52. The second-order valence-electron chi connectivity index (χ2n) is 4.91. The zero-order valence-electron chi connectivity index (χ0n) is 10.9. The van der Waals surface area contributed by atoms with Gasteiger partial charge in [0.2, 0.25) is 0 Å². The molecule has 19 heavy (non-hydrogen) atoms. The Balaban J connectivity index is 1.98. The van der Waals surface area contributed by atoms with Gasteiger partial charge < -0.3 is 4.74 Å². The Bertz CT molecular complexity index is 435. The summed E-state index contributed by atoms with van der Waals surface area (Å²) in [5, 5.41) is 10.6. The highest BCUT2D eigenvalue weighted by Gasteiger charge is 2.32. The number of nitro groups is 1. The molecule has 3 unspecified atom stereocenters. The van der Waals surface area contributed by atoms with Crippen LogP contribution >= 0.6 is 15.9 Å². The molecule has 0 N–H and O–H groups in total. The van der Waals surface area contributed by atoms with Gasteiger partial charge in [-0.2, -0.15) is 0 Å². The van der Waals surface area contributed by atoms with E-state index < -0.39 is 0 Å². The van der Waals surface area contributed by atoms with Gasteiger partial charge in [-0.3, -0.25) is 10.1 Å². The second kappa shape index (κ2) is 6.48. The molecule has 0 bridgehead atoms. The summed E-state index contributed by atoms with van der Waals surface area (Å²) in [5.74, 6) is 0.528. The quantitative estimate of drug-likeness (QED) is 0.470. The molecule has 4 nitrogen and oxygen atoms in total. The van der Waals surface area contributed by atoms with Crippen molar-refractivity contribution >= 4 is 21.6 Å². The Morgan fingerprint density at radius 1 is 1.47 bits per heavy atom. The molecule has 1 saturated heterocycles. The van der Waals surface area contributed by atoms with Crippen LogP contribution in [0.2, 0.25) is 0 Å². The van der Waals surface area contributed by atoms with Crippen molar-refractivity contribution < 1.29 is 9.66 Å². The predicted molar refractivity (Wildman–Crippen MR) is 77.7 cm³/mol. The number of nitrogens with zero attached hydrogens (tertiary/aromatic N) is 1. The standard InChI is InChI=1S/C14H18BrNO3/c1-2-14-12(7-8-19-14)13(15)9-10-3-5-11(6-4-10)16(17)18/h3-6,12-14H,2,7-9H2,1H3. The van der Waals surface area contributed by atoms with Crippen LogP contribution in [-0.4, -0.2) is 22.5 Å². The van der Waals surface area contributed by atoms with Crippen molar-refractivity contribution in [2.45, 2.75) is 37.1 Å². The van der Waals surface area contributed by atoms with E-state index in [0.717, 1.165) is 31.4 Å². The maximum absolute atomic E-state index is 10.6. The summed E-state index contributed by atoms with van der Waals surface area (Å²) < 4.78 is 5.70. The predicted octanol–water partition coefficient (Wildman–Crippen LogP) is 3.72. The molecule has 1 fully saturated rings. The average Bonchev–Trinajstić information content (AvgIpc) is 2.87. The van der Waals surface area contributed by atoms with Crippen LogP contribution in [0.25, 0.3) is 0 Å². The lowest BCUT2D eigenvalue weighted by Crippen LogP contribution is -2.25. The van der Waals surface area contributed by atoms with Crippen LogP contribution in [0.5, 0.6) is 0 Å². The largest absolute Gasteiger partial charge is 0.378 e. The van der Waals surface area contributed by atoms with Crippen molar-refractivity contribution in [1.29, 1.82) is 0 Å². The van der Waals surface area contributed by atoms with Crippen molar-refractivity contribution in [2.24, 2.45) is 5.92 Å². The molecule has 1 aliphatic heterocycles. The molecule has 104 valence electrons. The van der Waals surface area contributed by atoms with E-state index in [1.807, 2.05) is 12.1 Å². The van der Waals surface area contributed by atoms with E-state index in [2.05, 4.69) is 22.9 Å². The van der Waals surface area contributed by atoms with Gasteiger partial charge in [-0.25, -0.2) is 0 Å². The highest BCUT2D eigenvalue weighted by molar-refractivity contribution is 9.09. The summed E-state index contributed by atoms with van der Waals surface area (Å²) in [6.07, 6.45) is 3.33. The van der Waals surface area contributed by atoms with Crippen LogP contribution in [0.1, 0.15) is 25.3 Å². The Labute approximate surface area is 121 Å². The average molecular weight is 328 g/mol. The molecular weight excluding hydrogens is 310 g/mol. The van der Waals surface area contributed by atoms with Crippen LogP contribution < -0.4 is 0 Å². The molecule has 1 aromatic carbocycles. The van der Waals surface area contributed by atoms with Gasteiger partial charge in [-0.1, -0.05) is 35.0 Å². The third kappa shape index (κ3) is 3.54. The smallest absolute Gasteiger partial charge is 0.269 e.